The minimum Gasteiger partial charge on any atom is -0.318 e. The van der Waals surface area contributed by atoms with E-state index in [9.17, 15) is 19.7 Å². The summed E-state index contributed by atoms with van der Waals surface area (Å²) in [6, 6.07) is 6.95. The molecule has 1 fully saturated rings. The summed E-state index contributed by atoms with van der Waals surface area (Å²) in [7, 11) is 0. The number of benzene rings is 1. The van der Waals surface area contributed by atoms with Gasteiger partial charge in [0.05, 0.1) is 15.5 Å². The monoisotopic (exact) mass is 357 g/mol. The molecule has 0 saturated carbocycles. The number of aromatic nitrogens is 1. The molecule has 7 nitrogen and oxygen atoms in total. The number of rotatable bonds is 3. The molecule has 2 aromatic rings. The van der Waals surface area contributed by atoms with Crippen LogP contribution in [-0.4, -0.2) is 20.6 Å². The van der Waals surface area contributed by atoms with Crippen molar-refractivity contribution in [2.45, 2.75) is 20.8 Å². The van der Waals surface area contributed by atoms with Gasteiger partial charge in [-0.15, -0.1) is 0 Å². The Bertz CT molecular complexity index is 959. The molecule has 0 aliphatic carbocycles. The Balaban J connectivity index is 2.08. The molecule has 1 aromatic carbocycles. The second-order valence-electron chi connectivity index (χ2n) is 5.74. The molecule has 25 heavy (non-hydrogen) atoms. The molecule has 2 heterocycles. The van der Waals surface area contributed by atoms with Crippen LogP contribution in [0.2, 0.25) is 0 Å². The summed E-state index contributed by atoms with van der Waals surface area (Å²) in [5, 5.41) is 13.0. The van der Waals surface area contributed by atoms with Gasteiger partial charge >= 0.3 is 0 Å². The van der Waals surface area contributed by atoms with Gasteiger partial charge in [-0.2, -0.15) is 0 Å². The fraction of sp³-hybridized carbons (Fsp3) is 0.176. The van der Waals surface area contributed by atoms with E-state index in [1.165, 1.54) is 6.07 Å². The van der Waals surface area contributed by atoms with E-state index in [1.54, 1.807) is 19.1 Å². The maximum atomic E-state index is 11.7. The number of thioether (sulfide) groups is 1. The molecule has 0 atom stereocenters. The topological polar surface area (TPSA) is 94.2 Å². The van der Waals surface area contributed by atoms with Gasteiger partial charge in [0.15, 0.2) is 0 Å². The van der Waals surface area contributed by atoms with Gasteiger partial charge in [-0.3, -0.25) is 25.0 Å². The maximum absolute atomic E-state index is 11.7. The van der Waals surface area contributed by atoms with Crippen LogP contribution in [0.25, 0.3) is 11.8 Å². The Morgan fingerprint density at radius 1 is 1.20 bits per heavy atom. The molecule has 1 N–H and O–H groups in total. The minimum absolute atomic E-state index is 0.0567. The van der Waals surface area contributed by atoms with Crippen molar-refractivity contribution in [3.8, 4) is 5.69 Å². The Morgan fingerprint density at radius 2 is 1.92 bits per heavy atom. The fourth-order valence-corrected chi connectivity index (χ4v) is 3.50. The predicted molar refractivity (Wildman–Crippen MR) is 95.7 cm³/mol. The summed E-state index contributed by atoms with van der Waals surface area (Å²) in [6.07, 6.45) is 1.66. The Labute approximate surface area is 147 Å². The first kappa shape index (κ1) is 17.0. The van der Waals surface area contributed by atoms with Crippen LogP contribution in [0.3, 0.4) is 0 Å². The quantitative estimate of drug-likeness (QED) is 0.514. The Morgan fingerprint density at radius 3 is 2.52 bits per heavy atom. The van der Waals surface area contributed by atoms with E-state index in [1.807, 2.05) is 30.5 Å². The first-order chi connectivity index (χ1) is 11.8. The summed E-state index contributed by atoms with van der Waals surface area (Å²) in [5.74, 6) is -0.411. The highest BCUT2D eigenvalue weighted by molar-refractivity contribution is 8.18. The molecule has 0 spiro atoms. The molecular formula is C17H15N3O4S. The normalized spacial score (nSPS) is 15.7. The highest BCUT2D eigenvalue weighted by Gasteiger charge is 2.25. The lowest BCUT2D eigenvalue weighted by atomic mass is 10.1. The average molecular weight is 357 g/mol. The van der Waals surface area contributed by atoms with Crippen LogP contribution in [0.5, 0.6) is 0 Å². The first-order valence-corrected chi connectivity index (χ1v) is 8.29. The number of nitrogens with one attached hydrogen (secondary N) is 1. The van der Waals surface area contributed by atoms with Gasteiger partial charge in [-0.25, -0.2) is 0 Å². The molecule has 1 aromatic heterocycles. The lowest BCUT2D eigenvalue weighted by Crippen LogP contribution is -2.17. The van der Waals surface area contributed by atoms with Crippen molar-refractivity contribution in [2.24, 2.45) is 0 Å². The van der Waals surface area contributed by atoms with Gasteiger partial charge in [0.1, 0.15) is 0 Å². The van der Waals surface area contributed by atoms with E-state index in [2.05, 4.69) is 5.32 Å². The van der Waals surface area contributed by atoms with Crippen molar-refractivity contribution in [3.63, 3.8) is 0 Å². The fourth-order valence-electron chi connectivity index (χ4n) is 2.83. The Kier molecular flexibility index (Phi) is 4.22. The first-order valence-electron chi connectivity index (χ1n) is 7.47. The number of carbonyl (C=O) groups excluding carboxylic acids is 2. The van der Waals surface area contributed by atoms with E-state index in [0.717, 1.165) is 28.7 Å². The van der Waals surface area contributed by atoms with E-state index in [-0.39, 0.29) is 10.9 Å². The van der Waals surface area contributed by atoms with Gasteiger partial charge in [-0.05, 0) is 56.3 Å². The van der Waals surface area contributed by atoms with Crippen molar-refractivity contribution in [3.05, 3.63) is 61.8 Å². The SMILES string of the molecule is Cc1ccc(-n2c(C)cc(C=C3SC(=O)NC3=O)c2C)cc1[N+](=O)[O-]. The smallest absolute Gasteiger partial charge is 0.290 e. The number of nitro groups is 1. The van der Waals surface area contributed by atoms with Gasteiger partial charge in [0.2, 0.25) is 0 Å². The second kappa shape index (κ2) is 6.21. The van der Waals surface area contributed by atoms with Crippen molar-refractivity contribution in [1.29, 1.82) is 0 Å². The number of carbonyl (C=O) groups is 2. The highest BCUT2D eigenvalue weighted by atomic mass is 32.2. The number of nitro benzene ring substituents is 1. The number of nitrogens with zero attached hydrogens (tertiary/aromatic N) is 2. The van der Waals surface area contributed by atoms with Crippen LogP contribution < -0.4 is 5.32 Å². The van der Waals surface area contributed by atoms with Crippen LogP contribution >= 0.6 is 11.8 Å². The Hall–Kier alpha value is -2.87. The lowest BCUT2D eigenvalue weighted by Gasteiger charge is -2.10. The molecule has 0 radical (unpaired) electrons. The third kappa shape index (κ3) is 3.08. The van der Waals surface area contributed by atoms with Gasteiger partial charge < -0.3 is 4.57 Å². The molecule has 2 amide bonds. The van der Waals surface area contributed by atoms with Gasteiger partial charge in [0, 0.05) is 23.0 Å². The van der Waals surface area contributed by atoms with Gasteiger partial charge in [-0.1, -0.05) is 6.07 Å². The van der Waals surface area contributed by atoms with Crippen molar-refractivity contribution >= 4 is 34.7 Å². The molecule has 1 saturated heterocycles. The summed E-state index contributed by atoms with van der Waals surface area (Å²) < 4.78 is 1.89. The molecule has 3 rings (SSSR count). The van der Waals surface area contributed by atoms with Crippen molar-refractivity contribution in [1.82, 2.24) is 9.88 Å². The number of hydrogen-bond acceptors (Lipinski definition) is 5. The second-order valence-corrected chi connectivity index (χ2v) is 6.76. The zero-order valence-electron chi connectivity index (χ0n) is 13.8. The predicted octanol–water partition coefficient (Wildman–Crippen LogP) is 3.63. The number of hydrogen-bond donors (Lipinski definition) is 1. The molecule has 0 unspecified atom stereocenters. The van der Waals surface area contributed by atoms with E-state index >= 15 is 0 Å². The van der Waals surface area contributed by atoms with Crippen LogP contribution in [0, 0.1) is 30.9 Å². The summed E-state index contributed by atoms with van der Waals surface area (Å²) in [6.45, 7) is 5.44. The third-order valence-electron chi connectivity index (χ3n) is 4.05. The number of amides is 2. The largest absolute Gasteiger partial charge is 0.318 e. The molecule has 128 valence electrons. The molecule has 1 aliphatic rings. The molecule has 8 heteroatoms. The average Bonchev–Trinajstić information content (AvgIpc) is 2.99. The van der Waals surface area contributed by atoms with E-state index in [4.69, 9.17) is 0 Å². The summed E-state index contributed by atoms with van der Waals surface area (Å²) in [4.78, 5) is 34.1. The molecule has 0 bridgehead atoms. The van der Waals surface area contributed by atoms with Crippen LogP contribution in [-0.2, 0) is 4.79 Å². The zero-order chi connectivity index (χ0) is 18.3. The van der Waals surface area contributed by atoms with Crippen LogP contribution in [0.4, 0.5) is 10.5 Å². The van der Waals surface area contributed by atoms with Crippen LogP contribution in [0.15, 0.2) is 29.2 Å². The van der Waals surface area contributed by atoms with Crippen molar-refractivity contribution in [2.75, 3.05) is 0 Å². The maximum Gasteiger partial charge on any atom is 0.290 e. The van der Waals surface area contributed by atoms with Crippen molar-refractivity contribution < 1.29 is 14.5 Å². The molecular weight excluding hydrogens is 342 g/mol. The molecule has 1 aliphatic heterocycles. The summed E-state index contributed by atoms with van der Waals surface area (Å²) in [5.41, 5.74) is 3.81. The van der Waals surface area contributed by atoms with Gasteiger partial charge in [0.25, 0.3) is 16.8 Å². The number of imide groups is 1. The standard InChI is InChI=1S/C17H15N3O4S/c1-9-4-5-13(8-14(9)20(23)24)19-10(2)6-12(11(19)3)7-15-16(21)18-17(22)25-15/h4-8H,1-3H3,(H,18,21,22). The van der Waals surface area contributed by atoms with Crippen LogP contribution in [0.1, 0.15) is 22.5 Å². The highest BCUT2D eigenvalue weighted by Crippen LogP contribution is 2.30. The lowest BCUT2D eigenvalue weighted by molar-refractivity contribution is -0.385. The zero-order valence-corrected chi connectivity index (χ0v) is 14.6. The van der Waals surface area contributed by atoms with E-state index in [0.29, 0.717) is 16.2 Å². The minimum atomic E-state index is -0.411. The third-order valence-corrected chi connectivity index (χ3v) is 4.86. The number of aryl methyl sites for hydroxylation is 2. The summed E-state index contributed by atoms with van der Waals surface area (Å²) >= 11 is 0.859. The van der Waals surface area contributed by atoms with E-state index < -0.39 is 10.8 Å².